The van der Waals surface area contributed by atoms with Gasteiger partial charge in [-0.1, -0.05) is 20.8 Å². The highest BCUT2D eigenvalue weighted by atomic mass is 19.1. The molecule has 0 aromatic rings. The molecule has 1 N–H and O–H groups in total. The summed E-state index contributed by atoms with van der Waals surface area (Å²) in [6.07, 6.45) is -0.121. The number of hydrogen-bond acceptors (Lipinski definition) is 3. The largest absolute Gasteiger partial charge is 0.464 e. The van der Waals surface area contributed by atoms with Crippen LogP contribution in [-0.2, 0) is 9.53 Å². The Morgan fingerprint density at radius 3 is 2.53 bits per heavy atom. The molecular formula is C13H23FO3. The summed E-state index contributed by atoms with van der Waals surface area (Å²) in [6, 6.07) is 0. The summed E-state index contributed by atoms with van der Waals surface area (Å²) in [4.78, 5) is 11.6. The van der Waals surface area contributed by atoms with Crippen LogP contribution in [0.25, 0.3) is 0 Å². The summed E-state index contributed by atoms with van der Waals surface area (Å²) in [5.74, 6) is -0.832. The predicted octanol–water partition coefficient (Wildman–Crippen LogP) is 2.46. The number of hydrogen-bond donors (Lipinski definition) is 1. The fourth-order valence-electron chi connectivity index (χ4n) is 2.39. The van der Waals surface area contributed by atoms with E-state index < -0.39 is 17.7 Å². The van der Waals surface area contributed by atoms with Gasteiger partial charge in [-0.15, -0.1) is 0 Å². The Bertz CT molecular complexity index is 285. The SMILES string of the molecule is CCOC(=O)C1(F)CC(C(C)(C)C)CCC1O. The number of carbonyl (C=O) groups is 1. The number of aliphatic hydroxyl groups is 1. The minimum atomic E-state index is -2.23. The second kappa shape index (κ2) is 4.92. The number of alkyl halides is 1. The van der Waals surface area contributed by atoms with Gasteiger partial charge < -0.3 is 9.84 Å². The van der Waals surface area contributed by atoms with E-state index in [2.05, 4.69) is 0 Å². The van der Waals surface area contributed by atoms with Crippen LogP contribution in [0.4, 0.5) is 4.39 Å². The van der Waals surface area contributed by atoms with Crippen LogP contribution in [0.15, 0.2) is 0 Å². The summed E-state index contributed by atoms with van der Waals surface area (Å²) in [5, 5.41) is 9.73. The number of carbonyl (C=O) groups excluding carboxylic acids is 1. The first-order chi connectivity index (χ1) is 7.71. The molecule has 3 unspecified atom stereocenters. The van der Waals surface area contributed by atoms with Gasteiger partial charge >= 0.3 is 5.97 Å². The molecule has 0 aliphatic heterocycles. The van der Waals surface area contributed by atoms with E-state index in [0.717, 1.165) is 6.42 Å². The van der Waals surface area contributed by atoms with Crippen LogP contribution in [0.3, 0.4) is 0 Å². The van der Waals surface area contributed by atoms with Gasteiger partial charge in [-0.25, -0.2) is 9.18 Å². The lowest BCUT2D eigenvalue weighted by molar-refractivity contribution is -0.174. The Labute approximate surface area is 102 Å². The van der Waals surface area contributed by atoms with Crippen molar-refractivity contribution >= 4 is 5.97 Å². The molecule has 1 aliphatic rings. The maximum atomic E-state index is 14.6. The summed E-state index contributed by atoms with van der Waals surface area (Å²) in [5.41, 5.74) is -2.30. The van der Waals surface area contributed by atoms with Crippen molar-refractivity contribution in [2.24, 2.45) is 11.3 Å². The lowest BCUT2D eigenvalue weighted by Crippen LogP contribution is -2.52. The summed E-state index contributed by atoms with van der Waals surface area (Å²) in [7, 11) is 0. The molecule has 1 rings (SSSR count). The molecule has 0 aromatic carbocycles. The molecule has 3 atom stereocenters. The summed E-state index contributed by atoms with van der Waals surface area (Å²) >= 11 is 0. The maximum absolute atomic E-state index is 14.6. The highest BCUT2D eigenvalue weighted by Gasteiger charge is 2.53. The van der Waals surface area contributed by atoms with Crippen LogP contribution >= 0.6 is 0 Å². The Morgan fingerprint density at radius 2 is 2.06 bits per heavy atom. The number of esters is 1. The molecule has 0 amide bonds. The smallest absolute Gasteiger partial charge is 0.346 e. The zero-order valence-corrected chi connectivity index (χ0v) is 11.1. The Hall–Kier alpha value is -0.640. The lowest BCUT2D eigenvalue weighted by atomic mass is 9.67. The third-order valence-corrected chi connectivity index (χ3v) is 3.70. The molecule has 4 heteroatoms. The Balaban J connectivity index is 2.85. The van der Waals surface area contributed by atoms with Gasteiger partial charge in [-0.3, -0.25) is 0 Å². The normalized spacial score (nSPS) is 34.5. The molecule has 1 saturated carbocycles. The van der Waals surface area contributed by atoms with Gasteiger partial charge in [-0.2, -0.15) is 0 Å². The fourth-order valence-corrected chi connectivity index (χ4v) is 2.39. The van der Waals surface area contributed by atoms with Crippen molar-refractivity contribution in [3.8, 4) is 0 Å². The zero-order valence-electron chi connectivity index (χ0n) is 11.1. The third-order valence-electron chi connectivity index (χ3n) is 3.70. The summed E-state index contributed by atoms with van der Waals surface area (Å²) in [6.45, 7) is 7.86. The van der Waals surface area contributed by atoms with Crippen LogP contribution < -0.4 is 0 Å². The first kappa shape index (κ1) is 14.4. The molecule has 0 aromatic heterocycles. The van der Waals surface area contributed by atoms with Crippen molar-refractivity contribution in [2.45, 2.75) is 58.7 Å². The Morgan fingerprint density at radius 1 is 1.47 bits per heavy atom. The third kappa shape index (κ3) is 2.97. The highest BCUT2D eigenvalue weighted by molar-refractivity contribution is 5.80. The van der Waals surface area contributed by atoms with E-state index in [0.29, 0.717) is 6.42 Å². The number of halogens is 1. The quantitative estimate of drug-likeness (QED) is 0.761. The first-order valence-corrected chi connectivity index (χ1v) is 6.26. The van der Waals surface area contributed by atoms with Crippen LogP contribution in [0.5, 0.6) is 0 Å². The van der Waals surface area contributed by atoms with Crippen molar-refractivity contribution in [1.82, 2.24) is 0 Å². The second-order valence-corrected chi connectivity index (χ2v) is 5.94. The fraction of sp³-hybridized carbons (Fsp3) is 0.923. The molecule has 0 bridgehead atoms. The molecule has 1 aliphatic carbocycles. The number of aliphatic hydroxyl groups excluding tert-OH is 1. The topological polar surface area (TPSA) is 46.5 Å². The van der Waals surface area contributed by atoms with Crippen LogP contribution in [0.2, 0.25) is 0 Å². The van der Waals surface area contributed by atoms with Gasteiger partial charge in [-0.05, 0) is 37.5 Å². The second-order valence-electron chi connectivity index (χ2n) is 5.94. The number of ether oxygens (including phenoxy) is 1. The van der Waals surface area contributed by atoms with Crippen LogP contribution in [0, 0.1) is 11.3 Å². The van der Waals surface area contributed by atoms with E-state index in [-0.39, 0.29) is 24.4 Å². The maximum Gasteiger partial charge on any atom is 0.346 e. The standard InChI is InChI=1S/C13H23FO3/c1-5-17-11(16)13(14)8-9(12(2,3)4)6-7-10(13)15/h9-10,15H,5-8H2,1-4H3. The van der Waals surface area contributed by atoms with Crippen molar-refractivity contribution in [2.75, 3.05) is 6.61 Å². The van der Waals surface area contributed by atoms with Crippen LogP contribution in [-0.4, -0.2) is 29.5 Å². The van der Waals surface area contributed by atoms with Crippen molar-refractivity contribution in [3.05, 3.63) is 0 Å². The van der Waals surface area contributed by atoms with E-state index in [1.54, 1.807) is 6.92 Å². The molecule has 3 nitrogen and oxygen atoms in total. The highest BCUT2D eigenvalue weighted by Crippen LogP contribution is 2.44. The first-order valence-electron chi connectivity index (χ1n) is 6.26. The minimum Gasteiger partial charge on any atom is -0.464 e. The van der Waals surface area contributed by atoms with E-state index in [4.69, 9.17) is 4.74 Å². The molecule has 100 valence electrons. The van der Waals surface area contributed by atoms with Gasteiger partial charge in [0.15, 0.2) is 0 Å². The van der Waals surface area contributed by atoms with E-state index >= 15 is 0 Å². The average molecular weight is 246 g/mol. The van der Waals surface area contributed by atoms with Crippen molar-refractivity contribution in [3.63, 3.8) is 0 Å². The van der Waals surface area contributed by atoms with Gasteiger partial charge in [0, 0.05) is 0 Å². The molecule has 0 spiro atoms. The molecule has 0 radical (unpaired) electrons. The van der Waals surface area contributed by atoms with Crippen molar-refractivity contribution in [1.29, 1.82) is 0 Å². The lowest BCUT2D eigenvalue weighted by Gasteiger charge is -2.42. The summed E-state index contributed by atoms with van der Waals surface area (Å²) < 4.78 is 19.3. The molecule has 17 heavy (non-hydrogen) atoms. The van der Waals surface area contributed by atoms with Crippen molar-refractivity contribution < 1.29 is 19.0 Å². The van der Waals surface area contributed by atoms with Gasteiger partial charge in [0.2, 0.25) is 5.67 Å². The Kier molecular flexibility index (Phi) is 4.18. The van der Waals surface area contributed by atoms with Gasteiger partial charge in [0.25, 0.3) is 0 Å². The molecular weight excluding hydrogens is 223 g/mol. The van der Waals surface area contributed by atoms with E-state index in [1.807, 2.05) is 20.8 Å². The van der Waals surface area contributed by atoms with Crippen LogP contribution in [0.1, 0.15) is 47.0 Å². The predicted molar refractivity (Wildman–Crippen MR) is 63.3 cm³/mol. The van der Waals surface area contributed by atoms with E-state index in [1.165, 1.54) is 0 Å². The molecule has 0 heterocycles. The number of rotatable bonds is 2. The molecule has 0 saturated heterocycles. The van der Waals surface area contributed by atoms with Gasteiger partial charge in [0.05, 0.1) is 12.7 Å². The zero-order chi connectivity index (χ0) is 13.3. The average Bonchev–Trinajstić information content (AvgIpc) is 2.21. The molecule has 1 fully saturated rings. The minimum absolute atomic E-state index is 0.0521. The monoisotopic (exact) mass is 246 g/mol. The van der Waals surface area contributed by atoms with E-state index in [9.17, 15) is 14.3 Å². The van der Waals surface area contributed by atoms with Gasteiger partial charge in [0.1, 0.15) is 0 Å².